The Morgan fingerprint density at radius 3 is 2.35 bits per heavy atom. The number of nitrogens with one attached hydrogen (secondary N) is 2. The van der Waals surface area contributed by atoms with Gasteiger partial charge in [0, 0.05) is 10.2 Å². The normalized spacial score (nSPS) is 10.5. The van der Waals surface area contributed by atoms with Gasteiger partial charge in [-0.2, -0.15) is 0 Å². The van der Waals surface area contributed by atoms with Crippen LogP contribution in [0.15, 0.2) is 59.1 Å². The molecule has 0 aromatic heterocycles. The van der Waals surface area contributed by atoms with Crippen molar-refractivity contribution in [2.75, 3.05) is 12.4 Å². The van der Waals surface area contributed by atoms with E-state index in [1.807, 2.05) is 54.6 Å². The van der Waals surface area contributed by atoms with Gasteiger partial charge in [0.2, 0.25) is 0 Å². The zero-order valence-corrected chi connectivity index (χ0v) is 12.6. The second-order valence-corrected chi connectivity index (χ2v) is 5.07. The standard InChI is InChI=1S/C16H15BrN2O/c1-20-15-9-2-12(3-10-15)4-11-16(18)19-14-7-5-13(17)6-8-14/h2-11H,1H3,(H2,18,19)/b11-4+. The molecule has 0 fully saturated rings. The molecule has 0 aliphatic rings. The van der Waals surface area contributed by atoms with Crippen LogP contribution in [0.2, 0.25) is 0 Å². The van der Waals surface area contributed by atoms with Gasteiger partial charge < -0.3 is 10.1 Å². The number of benzene rings is 2. The lowest BCUT2D eigenvalue weighted by atomic mass is 10.2. The third-order valence-corrected chi connectivity index (χ3v) is 3.21. The van der Waals surface area contributed by atoms with Crippen molar-refractivity contribution in [3.63, 3.8) is 0 Å². The van der Waals surface area contributed by atoms with E-state index in [9.17, 15) is 0 Å². The molecule has 0 unspecified atom stereocenters. The van der Waals surface area contributed by atoms with Crippen molar-refractivity contribution in [2.24, 2.45) is 0 Å². The second kappa shape index (κ2) is 6.91. The first-order chi connectivity index (χ1) is 9.67. The van der Waals surface area contributed by atoms with E-state index in [2.05, 4.69) is 21.2 Å². The molecule has 0 atom stereocenters. The van der Waals surface area contributed by atoms with Crippen LogP contribution in [0, 0.1) is 5.41 Å². The van der Waals surface area contributed by atoms with Crippen LogP contribution in [0.3, 0.4) is 0 Å². The Morgan fingerprint density at radius 1 is 1.10 bits per heavy atom. The van der Waals surface area contributed by atoms with E-state index >= 15 is 0 Å². The maximum atomic E-state index is 7.87. The number of rotatable bonds is 4. The summed E-state index contributed by atoms with van der Waals surface area (Å²) in [6, 6.07) is 15.4. The number of ether oxygens (including phenoxy) is 1. The second-order valence-electron chi connectivity index (χ2n) is 4.15. The monoisotopic (exact) mass is 330 g/mol. The molecular weight excluding hydrogens is 316 g/mol. The van der Waals surface area contributed by atoms with Gasteiger partial charge in [0.15, 0.2) is 0 Å². The lowest BCUT2D eigenvalue weighted by molar-refractivity contribution is 0.415. The molecular formula is C16H15BrN2O. The van der Waals surface area contributed by atoms with Gasteiger partial charge in [0.05, 0.1) is 7.11 Å². The summed E-state index contributed by atoms with van der Waals surface area (Å²) in [6.07, 6.45) is 3.61. The van der Waals surface area contributed by atoms with Gasteiger partial charge in [0.25, 0.3) is 0 Å². The van der Waals surface area contributed by atoms with Crippen LogP contribution < -0.4 is 10.1 Å². The van der Waals surface area contributed by atoms with E-state index in [1.165, 1.54) is 0 Å². The molecule has 0 bridgehead atoms. The molecule has 102 valence electrons. The van der Waals surface area contributed by atoms with Crippen molar-refractivity contribution >= 4 is 33.5 Å². The number of anilines is 1. The predicted octanol–water partition coefficient (Wildman–Crippen LogP) is 4.56. The molecule has 0 aliphatic heterocycles. The van der Waals surface area contributed by atoms with Crippen LogP contribution in [0.1, 0.15) is 5.56 Å². The average molecular weight is 331 g/mol. The summed E-state index contributed by atoms with van der Waals surface area (Å²) in [5.41, 5.74) is 1.91. The number of hydrogen-bond acceptors (Lipinski definition) is 2. The lowest BCUT2D eigenvalue weighted by Crippen LogP contribution is -2.06. The Morgan fingerprint density at radius 2 is 1.75 bits per heavy atom. The van der Waals surface area contributed by atoms with Gasteiger partial charge in [0.1, 0.15) is 11.6 Å². The Bertz CT molecular complexity index is 603. The number of hydrogen-bond donors (Lipinski definition) is 2. The fourth-order valence-electron chi connectivity index (χ4n) is 1.62. The summed E-state index contributed by atoms with van der Waals surface area (Å²) in [7, 11) is 1.64. The smallest absolute Gasteiger partial charge is 0.122 e. The molecule has 0 amide bonds. The summed E-state index contributed by atoms with van der Waals surface area (Å²) < 4.78 is 6.12. The Balaban J connectivity index is 1.96. The highest BCUT2D eigenvalue weighted by atomic mass is 79.9. The van der Waals surface area contributed by atoms with Gasteiger partial charge in [-0.15, -0.1) is 0 Å². The first-order valence-corrected chi connectivity index (χ1v) is 6.90. The van der Waals surface area contributed by atoms with Gasteiger partial charge in [-0.05, 0) is 48.0 Å². The molecule has 0 saturated heterocycles. The first-order valence-electron chi connectivity index (χ1n) is 6.10. The van der Waals surface area contributed by atoms with E-state index in [0.717, 1.165) is 21.5 Å². The molecule has 0 radical (unpaired) electrons. The molecule has 20 heavy (non-hydrogen) atoms. The third kappa shape index (κ3) is 4.24. The van der Waals surface area contributed by atoms with Crippen LogP contribution in [0.25, 0.3) is 6.08 Å². The summed E-state index contributed by atoms with van der Waals surface area (Å²) in [5.74, 6) is 1.16. The van der Waals surface area contributed by atoms with Crippen molar-refractivity contribution in [3.8, 4) is 5.75 Å². The molecule has 2 aromatic rings. The van der Waals surface area contributed by atoms with Gasteiger partial charge in [-0.3, -0.25) is 5.41 Å². The highest BCUT2D eigenvalue weighted by Crippen LogP contribution is 2.15. The Hall–Kier alpha value is -2.07. The zero-order chi connectivity index (χ0) is 14.4. The van der Waals surface area contributed by atoms with Crippen molar-refractivity contribution < 1.29 is 4.74 Å². The van der Waals surface area contributed by atoms with Crippen LogP contribution in [0.4, 0.5) is 5.69 Å². The first kappa shape index (κ1) is 14.3. The minimum absolute atomic E-state index is 0.336. The summed E-state index contributed by atoms with van der Waals surface area (Å²) in [6.45, 7) is 0. The molecule has 2 aromatic carbocycles. The Labute approximate surface area is 126 Å². The highest BCUT2D eigenvalue weighted by Gasteiger charge is 1.95. The number of amidine groups is 1. The third-order valence-electron chi connectivity index (χ3n) is 2.68. The zero-order valence-electron chi connectivity index (χ0n) is 11.1. The van der Waals surface area contributed by atoms with E-state index in [-0.39, 0.29) is 0 Å². The summed E-state index contributed by atoms with van der Waals surface area (Å²) >= 11 is 3.38. The van der Waals surface area contributed by atoms with Crippen molar-refractivity contribution in [2.45, 2.75) is 0 Å². The van der Waals surface area contributed by atoms with Crippen LogP contribution >= 0.6 is 15.9 Å². The molecule has 2 N–H and O–H groups in total. The number of methoxy groups -OCH3 is 1. The topological polar surface area (TPSA) is 45.1 Å². The van der Waals surface area contributed by atoms with Crippen LogP contribution in [-0.2, 0) is 0 Å². The molecule has 0 aliphatic carbocycles. The quantitative estimate of drug-likeness (QED) is 0.637. The van der Waals surface area contributed by atoms with E-state index in [1.54, 1.807) is 13.2 Å². The maximum absolute atomic E-state index is 7.87. The predicted molar refractivity (Wildman–Crippen MR) is 87.5 cm³/mol. The van der Waals surface area contributed by atoms with Crippen molar-refractivity contribution in [3.05, 3.63) is 64.6 Å². The van der Waals surface area contributed by atoms with E-state index < -0.39 is 0 Å². The SMILES string of the molecule is COc1ccc(/C=C/C(=N)Nc2ccc(Br)cc2)cc1. The highest BCUT2D eigenvalue weighted by molar-refractivity contribution is 9.10. The minimum Gasteiger partial charge on any atom is -0.497 e. The van der Waals surface area contributed by atoms with Crippen LogP contribution in [0.5, 0.6) is 5.75 Å². The molecule has 0 heterocycles. The number of halogens is 1. The maximum Gasteiger partial charge on any atom is 0.122 e. The minimum atomic E-state index is 0.336. The average Bonchev–Trinajstić information content (AvgIpc) is 2.48. The molecule has 2 rings (SSSR count). The van der Waals surface area contributed by atoms with Gasteiger partial charge in [-0.25, -0.2) is 0 Å². The fourth-order valence-corrected chi connectivity index (χ4v) is 1.89. The lowest BCUT2D eigenvalue weighted by Gasteiger charge is -2.04. The fraction of sp³-hybridized carbons (Fsp3) is 0.0625. The summed E-state index contributed by atoms with van der Waals surface area (Å²) in [4.78, 5) is 0. The summed E-state index contributed by atoms with van der Waals surface area (Å²) in [5, 5.41) is 10.9. The molecule has 3 nitrogen and oxygen atoms in total. The Kier molecular flexibility index (Phi) is 4.96. The van der Waals surface area contributed by atoms with Gasteiger partial charge >= 0.3 is 0 Å². The van der Waals surface area contributed by atoms with E-state index in [0.29, 0.717) is 5.84 Å². The van der Waals surface area contributed by atoms with Crippen LogP contribution in [-0.4, -0.2) is 12.9 Å². The molecule has 0 spiro atoms. The van der Waals surface area contributed by atoms with Gasteiger partial charge in [-0.1, -0.05) is 34.1 Å². The molecule has 4 heteroatoms. The van der Waals surface area contributed by atoms with Crippen molar-refractivity contribution in [1.29, 1.82) is 5.41 Å². The van der Waals surface area contributed by atoms with Crippen molar-refractivity contribution in [1.82, 2.24) is 0 Å². The molecule has 0 saturated carbocycles. The van der Waals surface area contributed by atoms with E-state index in [4.69, 9.17) is 10.1 Å². The largest absolute Gasteiger partial charge is 0.497 e.